The second-order valence-corrected chi connectivity index (χ2v) is 5.16. The Hall–Kier alpha value is -3.66. The minimum absolute atomic E-state index is 0.126. The molecule has 1 amide bonds. The lowest BCUT2D eigenvalue weighted by molar-refractivity contribution is -0.384. The number of rotatable bonds is 5. The van der Waals surface area contributed by atoms with Gasteiger partial charge in [-0.3, -0.25) is 14.9 Å². The van der Waals surface area contributed by atoms with E-state index in [4.69, 9.17) is 4.74 Å². The molecule has 0 saturated carbocycles. The van der Waals surface area contributed by atoms with E-state index in [0.29, 0.717) is 16.9 Å². The highest BCUT2D eigenvalue weighted by molar-refractivity contribution is 6.10. The number of ether oxygens (including phenoxy) is 1. The minimum atomic E-state index is -0.645. The van der Waals surface area contributed by atoms with Crippen LogP contribution >= 0.6 is 0 Å². The SMILES string of the molecule is COc1cccc(/C=C(\C#N)C(=O)Nc2cc([N+](=O)[O-])ccc2C)c1. The van der Waals surface area contributed by atoms with Crippen molar-refractivity contribution in [2.24, 2.45) is 0 Å². The number of nitro benzene ring substituents is 1. The second kappa shape index (κ2) is 7.75. The number of carbonyl (C=O) groups excluding carboxylic acids is 1. The van der Waals surface area contributed by atoms with E-state index in [0.717, 1.165) is 0 Å². The van der Waals surface area contributed by atoms with Crippen LogP contribution in [0.15, 0.2) is 48.0 Å². The van der Waals surface area contributed by atoms with Gasteiger partial charge in [0.1, 0.15) is 17.4 Å². The third-order valence-electron chi connectivity index (χ3n) is 3.45. The van der Waals surface area contributed by atoms with Gasteiger partial charge in [0, 0.05) is 12.1 Å². The van der Waals surface area contributed by atoms with Crippen LogP contribution in [0.25, 0.3) is 6.08 Å². The smallest absolute Gasteiger partial charge is 0.271 e. The summed E-state index contributed by atoms with van der Waals surface area (Å²) in [4.78, 5) is 22.6. The minimum Gasteiger partial charge on any atom is -0.497 e. The molecule has 25 heavy (non-hydrogen) atoms. The number of hydrogen-bond acceptors (Lipinski definition) is 5. The first kappa shape index (κ1) is 17.7. The molecule has 7 nitrogen and oxygen atoms in total. The average Bonchev–Trinajstić information content (AvgIpc) is 2.61. The molecule has 126 valence electrons. The zero-order valence-electron chi connectivity index (χ0n) is 13.6. The molecule has 0 unspecified atom stereocenters. The highest BCUT2D eigenvalue weighted by Crippen LogP contribution is 2.23. The molecule has 0 radical (unpaired) electrons. The van der Waals surface area contributed by atoms with Gasteiger partial charge in [-0.15, -0.1) is 0 Å². The molecular formula is C18H15N3O4. The maximum Gasteiger partial charge on any atom is 0.271 e. The molecule has 0 aliphatic carbocycles. The Bertz CT molecular complexity index is 897. The van der Waals surface area contributed by atoms with Gasteiger partial charge < -0.3 is 10.1 Å². The van der Waals surface area contributed by atoms with Crippen LogP contribution in [0.1, 0.15) is 11.1 Å². The summed E-state index contributed by atoms with van der Waals surface area (Å²) in [6, 6.07) is 12.9. The Kier molecular flexibility index (Phi) is 5.48. The summed E-state index contributed by atoms with van der Waals surface area (Å²) in [5.41, 5.74) is 1.29. The van der Waals surface area contributed by atoms with Gasteiger partial charge >= 0.3 is 0 Å². The Morgan fingerprint density at radius 3 is 2.72 bits per heavy atom. The maximum atomic E-state index is 12.3. The summed E-state index contributed by atoms with van der Waals surface area (Å²) in [5, 5.41) is 22.7. The van der Waals surface area contributed by atoms with Crippen LogP contribution in [-0.2, 0) is 4.79 Å². The van der Waals surface area contributed by atoms with E-state index in [9.17, 15) is 20.2 Å². The van der Waals surface area contributed by atoms with Crippen molar-refractivity contribution in [3.05, 3.63) is 69.3 Å². The Morgan fingerprint density at radius 2 is 2.08 bits per heavy atom. The van der Waals surface area contributed by atoms with E-state index in [1.54, 1.807) is 31.2 Å². The zero-order chi connectivity index (χ0) is 18.4. The van der Waals surface area contributed by atoms with Crippen LogP contribution in [-0.4, -0.2) is 17.9 Å². The summed E-state index contributed by atoms with van der Waals surface area (Å²) >= 11 is 0. The molecule has 0 fully saturated rings. The van der Waals surface area contributed by atoms with Crippen LogP contribution in [0.3, 0.4) is 0 Å². The van der Waals surface area contributed by atoms with Gasteiger partial charge in [-0.2, -0.15) is 5.26 Å². The molecule has 0 aromatic heterocycles. The third kappa shape index (κ3) is 4.42. The van der Waals surface area contributed by atoms with Crippen LogP contribution in [0.4, 0.5) is 11.4 Å². The number of carbonyl (C=O) groups is 1. The number of benzene rings is 2. The Morgan fingerprint density at radius 1 is 1.32 bits per heavy atom. The molecule has 7 heteroatoms. The summed E-state index contributed by atoms with van der Waals surface area (Å²) in [6.45, 7) is 1.71. The van der Waals surface area contributed by atoms with Gasteiger partial charge in [0.2, 0.25) is 0 Å². The van der Waals surface area contributed by atoms with Crippen LogP contribution in [0.5, 0.6) is 5.75 Å². The van der Waals surface area contributed by atoms with Crippen molar-refractivity contribution >= 4 is 23.4 Å². The summed E-state index contributed by atoms with van der Waals surface area (Å²) < 4.78 is 5.10. The predicted molar refractivity (Wildman–Crippen MR) is 93.0 cm³/mol. The molecule has 0 aliphatic rings. The van der Waals surface area contributed by atoms with Crippen molar-refractivity contribution in [3.63, 3.8) is 0 Å². The first-order valence-electron chi connectivity index (χ1n) is 7.27. The van der Waals surface area contributed by atoms with Gasteiger partial charge in [0.15, 0.2) is 0 Å². The number of amides is 1. The monoisotopic (exact) mass is 337 g/mol. The number of anilines is 1. The van der Waals surface area contributed by atoms with E-state index < -0.39 is 10.8 Å². The molecule has 0 saturated heterocycles. The van der Waals surface area contributed by atoms with Crippen molar-refractivity contribution in [2.75, 3.05) is 12.4 Å². The number of nitriles is 1. The fraction of sp³-hybridized carbons (Fsp3) is 0.111. The number of nitro groups is 1. The van der Waals surface area contributed by atoms with Crippen LogP contribution < -0.4 is 10.1 Å². The molecule has 0 aliphatic heterocycles. The fourth-order valence-corrected chi connectivity index (χ4v) is 2.09. The Labute approximate surface area is 144 Å². The van der Waals surface area contributed by atoms with Crippen molar-refractivity contribution in [1.29, 1.82) is 5.26 Å². The average molecular weight is 337 g/mol. The number of non-ortho nitro benzene ring substituents is 1. The van der Waals surface area contributed by atoms with Gasteiger partial charge in [-0.1, -0.05) is 18.2 Å². The van der Waals surface area contributed by atoms with Gasteiger partial charge in [0.05, 0.1) is 17.7 Å². The van der Waals surface area contributed by atoms with Crippen molar-refractivity contribution in [1.82, 2.24) is 0 Å². The molecule has 1 N–H and O–H groups in total. The third-order valence-corrected chi connectivity index (χ3v) is 3.45. The molecule has 0 atom stereocenters. The molecule has 2 aromatic carbocycles. The van der Waals surface area contributed by atoms with Crippen molar-refractivity contribution < 1.29 is 14.5 Å². The molecule has 0 spiro atoms. The van der Waals surface area contributed by atoms with E-state index in [1.165, 1.54) is 31.4 Å². The zero-order valence-corrected chi connectivity index (χ0v) is 13.6. The quantitative estimate of drug-likeness (QED) is 0.389. The van der Waals surface area contributed by atoms with Crippen LogP contribution in [0, 0.1) is 28.4 Å². The number of nitrogens with zero attached hydrogens (tertiary/aromatic N) is 2. The highest BCUT2D eigenvalue weighted by Gasteiger charge is 2.14. The lowest BCUT2D eigenvalue weighted by atomic mass is 10.1. The van der Waals surface area contributed by atoms with E-state index in [1.807, 2.05) is 6.07 Å². The highest BCUT2D eigenvalue weighted by atomic mass is 16.6. The van der Waals surface area contributed by atoms with E-state index in [-0.39, 0.29) is 16.9 Å². The predicted octanol–water partition coefficient (Wildman–Crippen LogP) is 3.46. The summed E-state index contributed by atoms with van der Waals surface area (Å²) in [5.74, 6) is -0.0464. The number of aryl methyl sites for hydroxylation is 1. The fourth-order valence-electron chi connectivity index (χ4n) is 2.09. The Balaban J connectivity index is 2.29. The van der Waals surface area contributed by atoms with E-state index >= 15 is 0 Å². The van der Waals surface area contributed by atoms with Gasteiger partial charge in [-0.25, -0.2) is 0 Å². The molecule has 2 rings (SSSR count). The molecule has 0 heterocycles. The standard InChI is InChI=1S/C18H15N3O4/c1-12-6-7-15(21(23)24)10-17(12)20-18(22)14(11-19)8-13-4-3-5-16(9-13)25-2/h3-10H,1-2H3,(H,20,22)/b14-8+. The summed E-state index contributed by atoms with van der Waals surface area (Å²) in [6.07, 6.45) is 1.42. The first-order valence-corrected chi connectivity index (χ1v) is 7.27. The van der Waals surface area contributed by atoms with Gasteiger partial charge in [-0.05, 0) is 36.3 Å². The molecule has 2 aromatic rings. The molecule has 0 bridgehead atoms. The number of nitrogens with one attached hydrogen (secondary N) is 1. The number of hydrogen-bond donors (Lipinski definition) is 1. The summed E-state index contributed by atoms with van der Waals surface area (Å²) in [7, 11) is 1.52. The number of methoxy groups -OCH3 is 1. The molecular weight excluding hydrogens is 322 g/mol. The largest absolute Gasteiger partial charge is 0.497 e. The van der Waals surface area contributed by atoms with Crippen molar-refractivity contribution in [2.45, 2.75) is 6.92 Å². The lowest BCUT2D eigenvalue weighted by Crippen LogP contribution is -2.14. The first-order chi connectivity index (χ1) is 11.9. The van der Waals surface area contributed by atoms with Crippen molar-refractivity contribution in [3.8, 4) is 11.8 Å². The second-order valence-electron chi connectivity index (χ2n) is 5.16. The maximum absolute atomic E-state index is 12.3. The van der Waals surface area contributed by atoms with Gasteiger partial charge in [0.25, 0.3) is 11.6 Å². The van der Waals surface area contributed by atoms with Crippen LogP contribution in [0.2, 0.25) is 0 Å². The topological polar surface area (TPSA) is 105 Å². The van der Waals surface area contributed by atoms with E-state index in [2.05, 4.69) is 5.32 Å². The normalized spacial score (nSPS) is 10.7. The lowest BCUT2D eigenvalue weighted by Gasteiger charge is -2.08.